The topological polar surface area (TPSA) is 74.8 Å². The molecule has 2 bridgehead atoms. The van der Waals surface area contributed by atoms with Gasteiger partial charge < -0.3 is 0 Å². The van der Waals surface area contributed by atoms with Gasteiger partial charge in [0.05, 0.1) is 32.5 Å². The molecular weight excluding hydrogens is 647 g/mol. The number of allylic oxidation sites excluding steroid dienone is 2. The van der Waals surface area contributed by atoms with Crippen LogP contribution in [0.25, 0.3) is 0 Å². The normalized spacial score (nSPS) is 29.2. The van der Waals surface area contributed by atoms with Crippen molar-refractivity contribution >= 4 is 105 Å². The first-order valence-corrected chi connectivity index (χ1v) is 13.4. The zero-order valence-electron chi connectivity index (χ0n) is 18.5. The van der Waals surface area contributed by atoms with E-state index in [0.717, 1.165) is 12.1 Å². The number of ketones is 1. The minimum Gasteiger partial charge on any atom is -0.292 e. The second kappa shape index (κ2) is 9.23. The second-order valence-corrected chi connectivity index (χ2v) is 12.5. The molecule has 3 aliphatic rings. The predicted octanol–water partition coefficient (Wildman–Crippen LogP) is 6.17. The Morgan fingerprint density at radius 3 is 1.84 bits per heavy atom. The van der Waals surface area contributed by atoms with Gasteiger partial charge in [0.25, 0.3) is 17.7 Å². The molecule has 38 heavy (non-hydrogen) atoms. The van der Waals surface area contributed by atoms with Crippen LogP contribution in [0.2, 0.25) is 5.02 Å². The summed E-state index contributed by atoms with van der Waals surface area (Å²) in [7, 11) is 0. The van der Waals surface area contributed by atoms with Gasteiger partial charge in [0.15, 0.2) is 10.1 Å². The van der Waals surface area contributed by atoms with Crippen LogP contribution in [0.3, 0.4) is 0 Å². The summed E-state index contributed by atoms with van der Waals surface area (Å²) in [6, 6.07) is 10.3. The molecule has 1 aliphatic heterocycles. The molecule has 2 aromatic carbocycles. The van der Waals surface area contributed by atoms with Gasteiger partial charge in [-0.2, -0.15) is 5.01 Å². The van der Waals surface area contributed by atoms with E-state index in [0.29, 0.717) is 10.0 Å². The number of hydrogen-bond donors (Lipinski definition) is 0. The number of hydrogen-bond acceptors (Lipinski definition) is 4. The maximum atomic E-state index is 13.8. The summed E-state index contributed by atoms with van der Waals surface area (Å²) in [5, 5.41) is 0.473. The van der Waals surface area contributed by atoms with E-state index in [1.54, 1.807) is 6.07 Å². The molecular formula is C24H12Cl7FN2O4. The number of amides is 3. The van der Waals surface area contributed by atoms with Gasteiger partial charge in [-0.15, -0.1) is 23.2 Å². The van der Waals surface area contributed by atoms with Gasteiger partial charge in [0.2, 0.25) is 0 Å². The van der Waals surface area contributed by atoms with Gasteiger partial charge in [-0.05, 0) is 36.4 Å². The summed E-state index contributed by atoms with van der Waals surface area (Å²) in [6.45, 7) is -0.807. The molecule has 1 saturated heterocycles. The van der Waals surface area contributed by atoms with Gasteiger partial charge in [-0.3, -0.25) is 19.2 Å². The lowest BCUT2D eigenvalue weighted by Gasteiger charge is -2.36. The molecule has 3 amide bonds. The van der Waals surface area contributed by atoms with Crippen LogP contribution in [-0.2, 0) is 9.59 Å². The summed E-state index contributed by atoms with van der Waals surface area (Å²) in [6.07, 6.45) is 0. The quantitative estimate of drug-likeness (QED) is 0.219. The Kier molecular flexibility index (Phi) is 6.79. The number of Topliss-reactive ketones (excluding diaryl/α,β-unsaturated/α-hetero) is 1. The molecule has 0 unspecified atom stereocenters. The number of halogens is 8. The highest BCUT2D eigenvalue weighted by Crippen LogP contribution is 2.77. The van der Waals surface area contributed by atoms with Crippen molar-refractivity contribution in [3.63, 3.8) is 0 Å². The monoisotopic (exact) mass is 656 g/mol. The minimum absolute atomic E-state index is 0.00740. The van der Waals surface area contributed by atoms with Crippen LogP contribution in [0.4, 0.5) is 4.39 Å². The zero-order valence-corrected chi connectivity index (χ0v) is 23.8. The van der Waals surface area contributed by atoms with E-state index >= 15 is 0 Å². The van der Waals surface area contributed by atoms with Crippen molar-refractivity contribution in [3.05, 3.63) is 80.6 Å². The molecule has 14 heteroatoms. The van der Waals surface area contributed by atoms with E-state index in [1.807, 2.05) is 0 Å². The van der Waals surface area contributed by atoms with Crippen LogP contribution in [0.1, 0.15) is 20.7 Å². The van der Waals surface area contributed by atoms with Gasteiger partial charge in [-0.25, -0.2) is 9.40 Å². The largest absolute Gasteiger partial charge is 0.292 e. The van der Waals surface area contributed by atoms with Crippen LogP contribution < -0.4 is 0 Å². The van der Waals surface area contributed by atoms with Crippen molar-refractivity contribution in [2.75, 3.05) is 6.54 Å². The smallest absolute Gasteiger partial charge is 0.274 e. The van der Waals surface area contributed by atoms with E-state index in [9.17, 15) is 23.6 Å². The maximum Gasteiger partial charge on any atom is 0.274 e. The number of imide groups is 1. The third kappa shape index (κ3) is 3.46. The first kappa shape index (κ1) is 28.0. The average Bonchev–Trinajstić information content (AvgIpc) is 3.26. The predicted molar refractivity (Wildman–Crippen MR) is 142 cm³/mol. The van der Waals surface area contributed by atoms with Crippen molar-refractivity contribution in [1.82, 2.24) is 10.0 Å². The summed E-state index contributed by atoms with van der Waals surface area (Å²) in [4.78, 5) is 50.3. The minimum atomic E-state index is -2.18. The Labute approximate surface area is 250 Å². The number of carbonyl (C=O) groups excluding carboxylic acids is 4. The number of nitrogens with zero attached hydrogens (tertiary/aromatic N) is 2. The van der Waals surface area contributed by atoms with Crippen molar-refractivity contribution in [1.29, 1.82) is 0 Å². The van der Waals surface area contributed by atoms with Gasteiger partial charge >= 0.3 is 0 Å². The van der Waals surface area contributed by atoms with Crippen LogP contribution >= 0.6 is 81.2 Å². The van der Waals surface area contributed by atoms with Crippen LogP contribution in [0.15, 0.2) is 58.6 Å². The van der Waals surface area contributed by atoms with Gasteiger partial charge in [0.1, 0.15) is 22.1 Å². The van der Waals surface area contributed by atoms with E-state index in [1.165, 1.54) is 30.3 Å². The highest BCUT2D eigenvalue weighted by Gasteiger charge is 2.88. The Hall–Kier alpha value is -1.58. The number of benzene rings is 2. The third-order valence-corrected chi connectivity index (χ3v) is 11.5. The molecule has 6 nitrogen and oxygen atoms in total. The van der Waals surface area contributed by atoms with Gasteiger partial charge in [-0.1, -0.05) is 70.1 Å². The van der Waals surface area contributed by atoms with Crippen LogP contribution in [-0.4, -0.2) is 54.1 Å². The molecule has 2 aromatic rings. The van der Waals surface area contributed by atoms with E-state index in [2.05, 4.69) is 0 Å². The number of alkyl halides is 4. The molecule has 0 radical (unpaired) electrons. The molecule has 198 valence electrons. The highest BCUT2D eigenvalue weighted by molar-refractivity contribution is 6.66. The number of rotatable bonds is 5. The molecule has 5 rings (SSSR count). The second-order valence-electron chi connectivity index (χ2n) is 8.84. The Morgan fingerprint density at radius 2 is 1.34 bits per heavy atom. The van der Waals surface area contributed by atoms with E-state index in [4.69, 9.17) is 81.2 Å². The Morgan fingerprint density at radius 1 is 0.842 bits per heavy atom. The molecule has 2 aliphatic carbocycles. The average molecular weight is 660 g/mol. The molecule has 0 N–H and O–H groups in total. The highest BCUT2D eigenvalue weighted by atomic mass is 35.5. The van der Waals surface area contributed by atoms with Gasteiger partial charge in [0, 0.05) is 5.56 Å². The molecule has 0 spiro atoms. The summed E-state index contributed by atoms with van der Waals surface area (Å²) in [5.41, 5.74) is -0.0975. The van der Waals surface area contributed by atoms with Crippen molar-refractivity contribution in [2.45, 2.75) is 14.1 Å². The van der Waals surface area contributed by atoms with Crippen molar-refractivity contribution < 1.29 is 23.6 Å². The maximum absolute atomic E-state index is 13.8. The number of hydrazine groups is 1. The van der Waals surface area contributed by atoms with E-state index < -0.39 is 61.8 Å². The lowest BCUT2D eigenvalue weighted by atomic mass is 9.84. The number of carbonyl (C=O) groups is 4. The van der Waals surface area contributed by atoms with E-state index in [-0.39, 0.29) is 26.2 Å². The molecule has 1 saturated carbocycles. The summed E-state index contributed by atoms with van der Waals surface area (Å²) in [5.74, 6) is -7.38. The lowest BCUT2D eigenvalue weighted by Crippen LogP contribution is -2.56. The number of fused-ring (bicyclic) bond motifs is 5. The van der Waals surface area contributed by atoms with Crippen molar-refractivity contribution in [2.24, 2.45) is 11.8 Å². The fourth-order valence-corrected chi connectivity index (χ4v) is 8.23. The van der Waals surface area contributed by atoms with Crippen LogP contribution in [0.5, 0.6) is 0 Å². The Balaban J connectivity index is 1.61. The molecule has 0 aromatic heterocycles. The fourth-order valence-electron chi connectivity index (χ4n) is 5.09. The fraction of sp³-hybridized carbons (Fsp3) is 0.250. The lowest BCUT2D eigenvalue weighted by molar-refractivity contribution is -0.154. The molecule has 2 fully saturated rings. The Bertz CT molecular complexity index is 1420. The first-order chi connectivity index (χ1) is 17.7. The third-order valence-electron chi connectivity index (χ3n) is 6.93. The summed E-state index contributed by atoms with van der Waals surface area (Å²) >= 11 is 45.4. The first-order valence-electron chi connectivity index (χ1n) is 10.8. The summed E-state index contributed by atoms with van der Waals surface area (Å²) < 4.78 is 11.2. The molecule has 1 heterocycles. The zero-order chi connectivity index (χ0) is 27.9. The van der Waals surface area contributed by atoms with Crippen LogP contribution in [0, 0.1) is 17.7 Å². The SMILES string of the molecule is O=C(CN(C(=O)c1ccccc1Cl)N1C(=O)[C@@H]2[C@@H](C1=O)[C@@]1(Cl)C(Cl)=C(Cl)[C@@]2(Cl)C1(Cl)Cl)c1ccc(F)cc1. The standard InChI is InChI=1S/C24H12Cl7FN2O4/c25-13-4-2-1-3-12(13)19(36)33(9-14(35)10-5-7-11(32)8-6-10)34-20(37)15-16(21(34)38)23(29)18(27)17(26)22(15,28)24(23,30)31/h1-8,15-16H,9H2/t15-,16-,22+,23+/m0/s1. The van der Waals surface area contributed by atoms with Crippen molar-refractivity contribution in [3.8, 4) is 0 Å². The molecule has 4 atom stereocenters.